The van der Waals surface area contributed by atoms with Gasteiger partial charge in [0.1, 0.15) is 0 Å². The molecule has 0 fully saturated rings. The van der Waals surface area contributed by atoms with Gasteiger partial charge in [0.05, 0.1) is 5.75 Å². The van der Waals surface area contributed by atoms with Crippen LogP contribution in [0.1, 0.15) is 30.5 Å². The molecule has 1 rings (SSSR count). The van der Waals surface area contributed by atoms with Crippen LogP contribution in [0.5, 0.6) is 0 Å². The number of carbonyl (C=O) groups excluding carboxylic acids is 1. The van der Waals surface area contributed by atoms with Gasteiger partial charge in [-0.05, 0) is 29.5 Å². The van der Waals surface area contributed by atoms with Crippen molar-refractivity contribution < 1.29 is 4.79 Å². The lowest BCUT2D eigenvalue weighted by Crippen LogP contribution is -2.19. The van der Waals surface area contributed by atoms with Gasteiger partial charge in [0.15, 0.2) is 0 Å². The maximum Gasteiger partial charge on any atom is 0.230 e. The monoisotopic (exact) mass is 283 g/mol. The molecule has 1 aromatic rings. The Kier molecular flexibility index (Phi) is 7.28. The second-order valence-corrected chi connectivity index (χ2v) is 6.53. The third-order valence-corrected chi connectivity index (χ3v) is 4.91. The highest BCUT2D eigenvalue weighted by Crippen LogP contribution is 2.26. The number of amides is 1. The van der Waals surface area contributed by atoms with Crippen LogP contribution < -0.4 is 5.32 Å². The first-order valence-corrected chi connectivity index (χ1v) is 8.75. The zero-order valence-electron chi connectivity index (χ0n) is 11.3. The van der Waals surface area contributed by atoms with Crippen LogP contribution >= 0.6 is 21.6 Å². The fourth-order valence-electron chi connectivity index (χ4n) is 1.61. The van der Waals surface area contributed by atoms with E-state index in [0.29, 0.717) is 5.75 Å². The van der Waals surface area contributed by atoms with E-state index < -0.39 is 0 Å². The summed E-state index contributed by atoms with van der Waals surface area (Å²) in [5.41, 5.74) is 4.17. The van der Waals surface area contributed by atoms with E-state index in [-0.39, 0.29) is 5.91 Å². The highest BCUT2D eigenvalue weighted by atomic mass is 33.1. The van der Waals surface area contributed by atoms with Crippen molar-refractivity contribution in [1.82, 2.24) is 5.32 Å². The molecule has 1 N–H and O–H groups in total. The van der Waals surface area contributed by atoms with Gasteiger partial charge in [0.2, 0.25) is 5.91 Å². The largest absolute Gasteiger partial charge is 0.358 e. The smallest absolute Gasteiger partial charge is 0.230 e. The molecule has 0 aliphatic carbocycles. The molecule has 1 amide bonds. The van der Waals surface area contributed by atoms with Crippen molar-refractivity contribution >= 4 is 27.5 Å². The number of hydrogen-bond acceptors (Lipinski definition) is 3. The van der Waals surface area contributed by atoms with Gasteiger partial charge in [-0.1, -0.05) is 53.6 Å². The zero-order chi connectivity index (χ0) is 13.4. The van der Waals surface area contributed by atoms with Crippen LogP contribution in [0, 0.1) is 0 Å². The fraction of sp³-hybridized carbons (Fsp3) is 0.500. The van der Waals surface area contributed by atoms with Crippen LogP contribution in [0.4, 0.5) is 0 Å². The summed E-state index contributed by atoms with van der Waals surface area (Å²) in [5, 5.41) is 2.63. The lowest BCUT2D eigenvalue weighted by molar-refractivity contribution is -0.118. The third kappa shape index (κ3) is 5.36. The Morgan fingerprint density at radius 3 is 2.11 bits per heavy atom. The van der Waals surface area contributed by atoms with Crippen molar-refractivity contribution in [3.05, 3.63) is 34.9 Å². The average molecular weight is 283 g/mol. The molecule has 0 aliphatic rings. The SMILES string of the molecule is CCc1cc(CC)cc(CSSCC(=O)NC)c1. The fourth-order valence-corrected chi connectivity index (χ4v) is 3.56. The molecule has 100 valence electrons. The average Bonchev–Trinajstić information content (AvgIpc) is 2.42. The van der Waals surface area contributed by atoms with Crippen molar-refractivity contribution in [2.24, 2.45) is 0 Å². The van der Waals surface area contributed by atoms with Crippen LogP contribution in [-0.2, 0) is 23.4 Å². The molecule has 0 heterocycles. The molecule has 0 saturated carbocycles. The summed E-state index contributed by atoms with van der Waals surface area (Å²) < 4.78 is 0. The van der Waals surface area contributed by atoms with Gasteiger partial charge in [-0.15, -0.1) is 0 Å². The molecule has 0 bridgehead atoms. The molecule has 0 aromatic heterocycles. The highest BCUT2D eigenvalue weighted by Gasteiger charge is 2.02. The number of benzene rings is 1. The molecule has 0 unspecified atom stereocenters. The van der Waals surface area contributed by atoms with Gasteiger partial charge in [-0.2, -0.15) is 0 Å². The Hall–Kier alpha value is -0.610. The van der Waals surface area contributed by atoms with E-state index in [0.717, 1.165) is 18.6 Å². The lowest BCUT2D eigenvalue weighted by Gasteiger charge is -2.07. The Morgan fingerprint density at radius 2 is 1.61 bits per heavy atom. The van der Waals surface area contributed by atoms with E-state index in [1.165, 1.54) is 16.7 Å². The standard InChI is InChI=1S/C14H21NOS2/c1-4-11-6-12(5-2)8-13(7-11)9-17-18-10-14(16)15-3/h6-8H,4-5,9-10H2,1-3H3,(H,15,16). The minimum atomic E-state index is 0.0871. The van der Waals surface area contributed by atoms with Crippen molar-refractivity contribution in [2.75, 3.05) is 12.8 Å². The first kappa shape index (κ1) is 15.4. The van der Waals surface area contributed by atoms with Crippen LogP contribution in [-0.4, -0.2) is 18.7 Å². The van der Waals surface area contributed by atoms with Crippen molar-refractivity contribution in [2.45, 2.75) is 32.4 Å². The quantitative estimate of drug-likeness (QED) is 0.614. The van der Waals surface area contributed by atoms with E-state index in [9.17, 15) is 4.79 Å². The normalized spacial score (nSPS) is 10.4. The predicted octanol–water partition coefficient (Wildman–Crippen LogP) is 3.44. The third-order valence-electron chi connectivity index (χ3n) is 2.71. The number of hydrogen-bond donors (Lipinski definition) is 1. The molecule has 0 radical (unpaired) electrons. The summed E-state index contributed by atoms with van der Waals surface area (Å²) in [4.78, 5) is 11.1. The van der Waals surface area contributed by atoms with E-state index >= 15 is 0 Å². The summed E-state index contributed by atoms with van der Waals surface area (Å²) in [6.07, 6.45) is 2.16. The van der Waals surface area contributed by atoms with Crippen LogP contribution in [0.3, 0.4) is 0 Å². The van der Waals surface area contributed by atoms with Crippen LogP contribution in [0.2, 0.25) is 0 Å². The van der Waals surface area contributed by atoms with Crippen molar-refractivity contribution in [3.8, 4) is 0 Å². The maximum atomic E-state index is 11.1. The maximum absolute atomic E-state index is 11.1. The van der Waals surface area contributed by atoms with Gasteiger partial charge in [-0.25, -0.2) is 0 Å². The Bertz CT molecular complexity index is 371. The zero-order valence-corrected chi connectivity index (χ0v) is 12.9. The van der Waals surface area contributed by atoms with Gasteiger partial charge < -0.3 is 5.32 Å². The topological polar surface area (TPSA) is 29.1 Å². The minimum Gasteiger partial charge on any atom is -0.358 e. The molecule has 0 atom stereocenters. The van der Waals surface area contributed by atoms with Crippen molar-refractivity contribution in [3.63, 3.8) is 0 Å². The molecular formula is C14H21NOS2. The summed E-state index contributed by atoms with van der Waals surface area (Å²) in [5.74, 6) is 1.57. The van der Waals surface area contributed by atoms with Crippen molar-refractivity contribution in [1.29, 1.82) is 0 Å². The van der Waals surface area contributed by atoms with Crippen LogP contribution in [0.15, 0.2) is 18.2 Å². The van der Waals surface area contributed by atoms with E-state index in [4.69, 9.17) is 0 Å². The first-order chi connectivity index (χ1) is 8.69. The summed E-state index contributed by atoms with van der Waals surface area (Å²) >= 11 is 0. The molecule has 0 spiro atoms. The van der Waals surface area contributed by atoms with Crippen LogP contribution in [0.25, 0.3) is 0 Å². The number of carbonyl (C=O) groups is 1. The molecule has 18 heavy (non-hydrogen) atoms. The van der Waals surface area contributed by atoms with E-state index in [2.05, 4.69) is 37.4 Å². The Labute approximate surface area is 118 Å². The molecule has 1 aromatic carbocycles. The van der Waals surface area contributed by atoms with Gasteiger partial charge in [-0.3, -0.25) is 4.79 Å². The molecule has 0 aliphatic heterocycles. The molecule has 4 heteroatoms. The van der Waals surface area contributed by atoms with E-state index in [1.54, 1.807) is 28.6 Å². The van der Waals surface area contributed by atoms with Gasteiger partial charge in [0, 0.05) is 12.8 Å². The second-order valence-electron chi connectivity index (χ2n) is 4.06. The highest BCUT2D eigenvalue weighted by molar-refractivity contribution is 8.76. The molecular weight excluding hydrogens is 262 g/mol. The summed E-state index contributed by atoms with van der Waals surface area (Å²) in [6.45, 7) is 4.37. The van der Waals surface area contributed by atoms with Gasteiger partial charge >= 0.3 is 0 Å². The lowest BCUT2D eigenvalue weighted by atomic mass is 10.0. The minimum absolute atomic E-state index is 0.0871. The summed E-state index contributed by atoms with van der Waals surface area (Å²) in [7, 11) is 5.03. The number of nitrogens with one attached hydrogen (secondary N) is 1. The molecule has 0 saturated heterocycles. The van der Waals surface area contributed by atoms with Gasteiger partial charge in [0.25, 0.3) is 0 Å². The Balaban J connectivity index is 2.48. The van der Waals surface area contributed by atoms with E-state index in [1.807, 2.05) is 0 Å². The Morgan fingerprint density at radius 1 is 1.06 bits per heavy atom. The number of aryl methyl sites for hydroxylation is 2. The second kappa shape index (κ2) is 8.48. The summed E-state index contributed by atoms with van der Waals surface area (Å²) in [6, 6.07) is 6.82. The first-order valence-electron chi connectivity index (χ1n) is 6.26. The number of rotatable bonds is 7. The predicted molar refractivity (Wildman–Crippen MR) is 83.0 cm³/mol. The molecule has 2 nitrogen and oxygen atoms in total.